The number of carbonyl (C=O) groups excluding carboxylic acids is 1. The summed E-state index contributed by atoms with van der Waals surface area (Å²) in [5.41, 5.74) is 1.11. The first kappa shape index (κ1) is 22.7. The first-order valence-electron chi connectivity index (χ1n) is 9.84. The van der Waals surface area contributed by atoms with Crippen molar-refractivity contribution < 1.29 is 14.3 Å². The molecule has 1 aromatic rings. The maximum absolute atomic E-state index is 12.7. The molecule has 1 unspecified atom stereocenters. The molecule has 0 aliphatic rings. The first-order valence-corrected chi connectivity index (χ1v) is 9.84. The summed E-state index contributed by atoms with van der Waals surface area (Å²) < 4.78 is 12.0. The van der Waals surface area contributed by atoms with Crippen LogP contribution in [0.5, 0.6) is 0 Å². The topological polar surface area (TPSA) is 47.6 Å². The van der Waals surface area contributed by atoms with Crippen molar-refractivity contribution in [2.75, 3.05) is 0 Å². The van der Waals surface area contributed by atoms with Crippen LogP contribution in [0.4, 0.5) is 0 Å². The van der Waals surface area contributed by atoms with Crippen LogP contribution in [0.15, 0.2) is 30.3 Å². The van der Waals surface area contributed by atoms with Crippen molar-refractivity contribution in [3.63, 3.8) is 0 Å². The Kier molecular flexibility index (Phi) is 9.89. The molecule has 1 aromatic carbocycles. The molecule has 2 atom stereocenters. The van der Waals surface area contributed by atoms with E-state index in [-0.39, 0.29) is 36.4 Å². The van der Waals surface area contributed by atoms with Gasteiger partial charge < -0.3 is 14.8 Å². The lowest BCUT2D eigenvalue weighted by Crippen LogP contribution is -2.37. The highest BCUT2D eigenvalue weighted by Crippen LogP contribution is 2.25. The van der Waals surface area contributed by atoms with Crippen LogP contribution in [0.3, 0.4) is 0 Å². The number of benzene rings is 1. The monoisotopic (exact) mass is 363 g/mol. The van der Waals surface area contributed by atoms with Gasteiger partial charge in [-0.1, -0.05) is 44.2 Å². The van der Waals surface area contributed by atoms with E-state index in [9.17, 15) is 4.79 Å². The van der Waals surface area contributed by atoms with E-state index in [0.717, 1.165) is 12.0 Å². The Hall–Kier alpha value is -1.39. The molecule has 4 heteroatoms. The van der Waals surface area contributed by atoms with Crippen LogP contribution in [-0.2, 0) is 14.3 Å². The number of hydrogen-bond donors (Lipinski definition) is 1. The molecule has 0 spiro atoms. The fourth-order valence-corrected chi connectivity index (χ4v) is 3.05. The van der Waals surface area contributed by atoms with Crippen LogP contribution in [0.1, 0.15) is 72.9 Å². The average Bonchev–Trinajstić information content (AvgIpc) is 2.53. The van der Waals surface area contributed by atoms with Crippen LogP contribution in [-0.4, -0.2) is 24.4 Å². The molecular weight excluding hydrogens is 326 g/mol. The summed E-state index contributed by atoms with van der Waals surface area (Å²) in [4.78, 5) is 12.7. The van der Waals surface area contributed by atoms with Gasteiger partial charge in [0.25, 0.3) is 0 Å². The van der Waals surface area contributed by atoms with Gasteiger partial charge in [-0.2, -0.15) is 0 Å². The Morgan fingerprint density at radius 3 is 1.92 bits per heavy atom. The van der Waals surface area contributed by atoms with Crippen molar-refractivity contribution in [1.29, 1.82) is 0 Å². The summed E-state index contributed by atoms with van der Waals surface area (Å²) in [6.07, 6.45) is 1.03. The smallest absolute Gasteiger partial charge is 0.220 e. The summed E-state index contributed by atoms with van der Waals surface area (Å²) in [6, 6.07) is 10.0. The van der Waals surface area contributed by atoms with Crippen LogP contribution >= 0.6 is 0 Å². The van der Waals surface area contributed by atoms with E-state index in [1.807, 2.05) is 65.0 Å². The Labute approximate surface area is 159 Å². The molecular formula is C22H37NO3. The zero-order valence-electron chi connectivity index (χ0n) is 17.5. The molecule has 26 heavy (non-hydrogen) atoms. The molecule has 1 amide bonds. The quantitative estimate of drug-likeness (QED) is 0.557. The molecule has 0 aromatic heterocycles. The van der Waals surface area contributed by atoms with Crippen molar-refractivity contribution in [1.82, 2.24) is 5.32 Å². The van der Waals surface area contributed by atoms with Gasteiger partial charge in [0.05, 0.1) is 18.2 Å². The SMILES string of the molecule is CC(C)CC(CC(=O)N[C@@H](C)c1ccccc1)C(OC(C)C)OC(C)C. The minimum Gasteiger partial charge on any atom is -0.350 e. The second-order valence-electron chi connectivity index (χ2n) is 8.03. The fraction of sp³-hybridized carbons (Fsp3) is 0.682. The third-order valence-electron chi connectivity index (χ3n) is 4.10. The number of hydrogen-bond acceptors (Lipinski definition) is 3. The highest BCUT2D eigenvalue weighted by Gasteiger charge is 2.28. The van der Waals surface area contributed by atoms with Gasteiger partial charge in [0, 0.05) is 12.3 Å². The molecule has 1 rings (SSSR count). The lowest BCUT2D eigenvalue weighted by atomic mass is 9.92. The number of rotatable bonds is 11. The van der Waals surface area contributed by atoms with Gasteiger partial charge in [-0.3, -0.25) is 4.79 Å². The molecule has 0 fully saturated rings. The summed E-state index contributed by atoms with van der Waals surface area (Å²) in [5.74, 6) is 0.535. The van der Waals surface area contributed by atoms with E-state index in [4.69, 9.17) is 9.47 Å². The third-order valence-corrected chi connectivity index (χ3v) is 4.10. The highest BCUT2D eigenvalue weighted by atomic mass is 16.7. The fourth-order valence-electron chi connectivity index (χ4n) is 3.05. The average molecular weight is 364 g/mol. The molecule has 0 bridgehead atoms. The first-order chi connectivity index (χ1) is 12.2. The van der Waals surface area contributed by atoms with E-state index in [0.29, 0.717) is 12.3 Å². The molecule has 4 nitrogen and oxygen atoms in total. The summed E-state index contributed by atoms with van der Waals surface area (Å²) in [6.45, 7) is 14.3. The number of carbonyl (C=O) groups is 1. The van der Waals surface area contributed by atoms with Crippen molar-refractivity contribution in [2.24, 2.45) is 11.8 Å². The Bertz CT molecular complexity index is 503. The maximum Gasteiger partial charge on any atom is 0.220 e. The van der Waals surface area contributed by atoms with Crippen LogP contribution in [0, 0.1) is 11.8 Å². The highest BCUT2D eigenvalue weighted by molar-refractivity contribution is 5.76. The molecule has 0 aliphatic carbocycles. The zero-order valence-corrected chi connectivity index (χ0v) is 17.5. The number of nitrogens with one attached hydrogen (secondary N) is 1. The van der Waals surface area contributed by atoms with Crippen molar-refractivity contribution >= 4 is 5.91 Å². The number of amides is 1. The van der Waals surface area contributed by atoms with E-state index in [1.165, 1.54) is 0 Å². The second-order valence-corrected chi connectivity index (χ2v) is 8.03. The van der Waals surface area contributed by atoms with Gasteiger partial charge in [0.15, 0.2) is 6.29 Å². The second kappa shape index (κ2) is 11.3. The molecule has 0 aliphatic heterocycles. The van der Waals surface area contributed by atoms with E-state index >= 15 is 0 Å². The van der Waals surface area contributed by atoms with Crippen molar-refractivity contribution in [3.8, 4) is 0 Å². The summed E-state index contributed by atoms with van der Waals surface area (Å²) >= 11 is 0. The Balaban J connectivity index is 2.78. The summed E-state index contributed by atoms with van der Waals surface area (Å²) in [7, 11) is 0. The minimum absolute atomic E-state index is 0.0149. The van der Waals surface area contributed by atoms with Gasteiger partial charge in [-0.25, -0.2) is 0 Å². The van der Waals surface area contributed by atoms with Crippen molar-refractivity contribution in [2.45, 2.75) is 85.8 Å². The molecule has 148 valence electrons. The van der Waals surface area contributed by atoms with Gasteiger partial charge >= 0.3 is 0 Å². The van der Waals surface area contributed by atoms with Gasteiger partial charge in [-0.15, -0.1) is 0 Å². The molecule has 0 saturated heterocycles. The largest absolute Gasteiger partial charge is 0.350 e. The van der Waals surface area contributed by atoms with E-state index < -0.39 is 0 Å². The molecule has 1 N–H and O–H groups in total. The number of ether oxygens (including phenoxy) is 2. The van der Waals surface area contributed by atoms with Gasteiger partial charge in [0.1, 0.15) is 0 Å². The third kappa shape index (κ3) is 8.81. The Morgan fingerprint density at radius 2 is 1.46 bits per heavy atom. The molecule has 0 radical (unpaired) electrons. The van der Waals surface area contributed by atoms with E-state index in [1.54, 1.807) is 0 Å². The van der Waals surface area contributed by atoms with Crippen molar-refractivity contribution in [3.05, 3.63) is 35.9 Å². The predicted octanol–water partition coefficient (Wildman–Crippen LogP) is 5.09. The van der Waals surface area contributed by atoms with Crippen LogP contribution in [0.2, 0.25) is 0 Å². The lowest BCUT2D eigenvalue weighted by Gasteiger charge is -2.31. The Morgan fingerprint density at radius 1 is 0.923 bits per heavy atom. The van der Waals surface area contributed by atoms with Gasteiger partial charge in [0.2, 0.25) is 5.91 Å². The van der Waals surface area contributed by atoms with E-state index in [2.05, 4.69) is 19.2 Å². The standard InChI is InChI=1S/C22H37NO3/c1-15(2)13-20(22(25-16(3)4)26-17(5)6)14-21(24)23-18(7)19-11-9-8-10-12-19/h8-12,15-18,20,22H,13-14H2,1-7H3,(H,23,24)/t18-,20?/m0/s1. The summed E-state index contributed by atoms with van der Waals surface area (Å²) in [5, 5.41) is 3.11. The predicted molar refractivity (Wildman–Crippen MR) is 107 cm³/mol. The minimum atomic E-state index is -0.366. The molecule has 0 heterocycles. The zero-order chi connectivity index (χ0) is 19.7. The van der Waals surface area contributed by atoms with Crippen LogP contribution < -0.4 is 5.32 Å². The van der Waals surface area contributed by atoms with Crippen LogP contribution in [0.25, 0.3) is 0 Å². The maximum atomic E-state index is 12.7. The lowest BCUT2D eigenvalue weighted by molar-refractivity contribution is -0.211. The van der Waals surface area contributed by atoms with Gasteiger partial charge in [-0.05, 0) is 52.5 Å². The molecule has 0 saturated carbocycles. The normalized spacial score (nSPS) is 14.3.